The molecule has 1 atom stereocenters. The standard InChI is InChI=1S/C28H26ClF3N4O2/c1-38-23-8-6-22(7-9-23)34-11-13-35(14-12-34)27(37)16-24(19-3-2-4-20(15-19)28(30,31)32)25-17-33-26-10-5-21(29)18-36(25)26/h2-10,15,17-18,24H,11-14,16H2,1H3/t24-/m1/s1. The number of imidazole rings is 1. The van der Waals surface area contributed by atoms with E-state index in [2.05, 4.69) is 9.88 Å². The van der Waals surface area contributed by atoms with E-state index in [0.717, 1.165) is 23.6 Å². The summed E-state index contributed by atoms with van der Waals surface area (Å²) in [6.07, 6.45) is -1.22. The van der Waals surface area contributed by atoms with Gasteiger partial charge in [-0.3, -0.25) is 4.79 Å². The van der Waals surface area contributed by atoms with E-state index in [0.29, 0.717) is 48.1 Å². The molecule has 0 bridgehead atoms. The molecule has 5 rings (SSSR count). The summed E-state index contributed by atoms with van der Waals surface area (Å²) < 4.78 is 47.5. The summed E-state index contributed by atoms with van der Waals surface area (Å²) in [5, 5.41) is 0.459. The molecule has 1 fully saturated rings. The SMILES string of the molecule is COc1ccc(N2CCN(C(=O)C[C@H](c3cccc(C(F)(F)F)c3)c3cnc4ccc(Cl)cn34)CC2)cc1. The third-order valence-corrected chi connectivity index (χ3v) is 7.14. The molecule has 2 aromatic carbocycles. The molecule has 3 heterocycles. The summed E-state index contributed by atoms with van der Waals surface area (Å²) in [4.78, 5) is 21.9. The number of alkyl halides is 3. The first kappa shape index (κ1) is 25.9. The lowest BCUT2D eigenvalue weighted by Gasteiger charge is -2.36. The van der Waals surface area contributed by atoms with Crippen molar-refractivity contribution in [2.75, 3.05) is 38.2 Å². The van der Waals surface area contributed by atoms with Gasteiger partial charge >= 0.3 is 6.18 Å². The third kappa shape index (κ3) is 5.43. The molecular weight excluding hydrogens is 517 g/mol. The number of hydrogen-bond acceptors (Lipinski definition) is 4. The van der Waals surface area contributed by atoms with Gasteiger partial charge in [-0.2, -0.15) is 13.2 Å². The number of anilines is 1. The van der Waals surface area contributed by atoms with Crippen molar-refractivity contribution in [2.45, 2.75) is 18.5 Å². The summed E-state index contributed by atoms with van der Waals surface area (Å²) in [5.41, 5.74) is 1.88. The molecule has 198 valence electrons. The topological polar surface area (TPSA) is 50.1 Å². The Bertz CT molecular complexity index is 1430. The minimum atomic E-state index is -4.49. The van der Waals surface area contributed by atoms with Crippen LogP contribution in [0, 0.1) is 0 Å². The molecule has 2 aromatic heterocycles. The lowest BCUT2D eigenvalue weighted by atomic mass is 9.90. The van der Waals surface area contributed by atoms with Gasteiger partial charge in [0.15, 0.2) is 0 Å². The molecule has 1 aliphatic heterocycles. The van der Waals surface area contributed by atoms with E-state index in [9.17, 15) is 18.0 Å². The largest absolute Gasteiger partial charge is 0.497 e. The fraction of sp³-hybridized carbons (Fsp3) is 0.286. The van der Waals surface area contributed by atoms with Gasteiger partial charge in [-0.25, -0.2) is 4.98 Å². The Labute approximate surface area is 223 Å². The smallest absolute Gasteiger partial charge is 0.416 e. The monoisotopic (exact) mass is 542 g/mol. The number of benzene rings is 2. The van der Waals surface area contributed by atoms with Crippen LogP contribution < -0.4 is 9.64 Å². The summed E-state index contributed by atoms with van der Waals surface area (Å²) >= 11 is 6.21. The molecule has 6 nitrogen and oxygen atoms in total. The van der Waals surface area contributed by atoms with Crippen LogP contribution in [0.4, 0.5) is 18.9 Å². The number of rotatable bonds is 6. The van der Waals surface area contributed by atoms with E-state index in [1.54, 1.807) is 47.0 Å². The lowest BCUT2D eigenvalue weighted by molar-refractivity contribution is -0.137. The van der Waals surface area contributed by atoms with Gasteiger partial charge in [0.05, 0.1) is 23.4 Å². The first-order chi connectivity index (χ1) is 18.2. The first-order valence-corrected chi connectivity index (χ1v) is 12.6. The molecule has 0 spiro atoms. The Morgan fingerprint density at radius 3 is 2.47 bits per heavy atom. The summed E-state index contributed by atoms with van der Waals surface area (Å²) in [5.74, 6) is 0.00790. The van der Waals surface area contributed by atoms with Gasteiger partial charge in [0.25, 0.3) is 0 Å². The minimum Gasteiger partial charge on any atom is -0.497 e. The molecule has 0 aliphatic carbocycles. The average Bonchev–Trinajstić information content (AvgIpc) is 3.34. The maximum Gasteiger partial charge on any atom is 0.416 e. The van der Waals surface area contributed by atoms with Crippen molar-refractivity contribution in [1.29, 1.82) is 0 Å². The van der Waals surface area contributed by atoms with Crippen LogP contribution in [-0.2, 0) is 11.0 Å². The molecule has 1 amide bonds. The fourth-order valence-corrected chi connectivity index (χ4v) is 5.03. The molecule has 0 N–H and O–H groups in total. The van der Waals surface area contributed by atoms with Crippen LogP contribution in [0.25, 0.3) is 5.65 Å². The van der Waals surface area contributed by atoms with Gasteiger partial charge in [-0.05, 0) is 48.0 Å². The van der Waals surface area contributed by atoms with E-state index in [1.807, 2.05) is 24.3 Å². The molecule has 0 unspecified atom stereocenters. The molecule has 4 aromatic rings. The number of piperazine rings is 1. The number of ether oxygens (including phenoxy) is 1. The quantitative estimate of drug-likeness (QED) is 0.305. The van der Waals surface area contributed by atoms with Crippen molar-refractivity contribution in [3.8, 4) is 5.75 Å². The van der Waals surface area contributed by atoms with Crippen molar-refractivity contribution in [3.05, 3.63) is 94.9 Å². The number of nitrogens with zero attached hydrogens (tertiary/aromatic N) is 4. The number of methoxy groups -OCH3 is 1. The predicted molar refractivity (Wildman–Crippen MR) is 140 cm³/mol. The number of hydrogen-bond donors (Lipinski definition) is 0. The number of pyridine rings is 1. The number of amides is 1. The van der Waals surface area contributed by atoms with Gasteiger partial charge in [-0.1, -0.05) is 29.8 Å². The van der Waals surface area contributed by atoms with Gasteiger partial charge < -0.3 is 18.9 Å². The fourth-order valence-electron chi connectivity index (χ4n) is 4.87. The number of carbonyl (C=O) groups is 1. The van der Waals surface area contributed by atoms with Crippen LogP contribution in [0.2, 0.25) is 5.02 Å². The summed E-state index contributed by atoms with van der Waals surface area (Å²) in [6, 6.07) is 16.3. The highest BCUT2D eigenvalue weighted by atomic mass is 35.5. The van der Waals surface area contributed by atoms with Gasteiger partial charge in [-0.15, -0.1) is 0 Å². The number of aromatic nitrogens is 2. The second-order valence-electron chi connectivity index (χ2n) is 9.20. The Hall–Kier alpha value is -3.72. The van der Waals surface area contributed by atoms with Crippen LogP contribution >= 0.6 is 11.6 Å². The zero-order valence-electron chi connectivity index (χ0n) is 20.7. The van der Waals surface area contributed by atoms with E-state index in [1.165, 1.54) is 6.07 Å². The van der Waals surface area contributed by atoms with Crippen molar-refractivity contribution in [3.63, 3.8) is 0 Å². The van der Waals surface area contributed by atoms with Gasteiger partial charge in [0.1, 0.15) is 11.4 Å². The first-order valence-electron chi connectivity index (χ1n) is 12.2. The van der Waals surface area contributed by atoms with E-state index < -0.39 is 17.7 Å². The number of halogens is 4. The Morgan fingerprint density at radius 1 is 1.05 bits per heavy atom. The van der Waals surface area contributed by atoms with Gasteiger partial charge in [0, 0.05) is 56.6 Å². The highest BCUT2D eigenvalue weighted by Gasteiger charge is 2.33. The predicted octanol–water partition coefficient (Wildman–Crippen LogP) is 5.89. The van der Waals surface area contributed by atoms with Crippen molar-refractivity contribution in [1.82, 2.24) is 14.3 Å². The molecule has 0 radical (unpaired) electrons. The molecular formula is C28H26ClF3N4O2. The zero-order valence-corrected chi connectivity index (χ0v) is 21.4. The highest BCUT2D eigenvalue weighted by Crippen LogP contribution is 2.35. The zero-order chi connectivity index (χ0) is 26.9. The van der Waals surface area contributed by atoms with E-state index >= 15 is 0 Å². The Morgan fingerprint density at radius 2 is 1.79 bits per heavy atom. The molecule has 38 heavy (non-hydrogen) atoms. The number of fused-ring (bicyclic) bond motifs is 1. The van der Waals surface area contributed by atoms with E-state index in [-0.39, 0.29) is 12.3 Å². The highest BCUT2D eigenvalue weighted by molar-refractivity contribution is 6.30. The second-order valence-corrected chi connectivity index (χ2v) is 9.64. The molecule has 0 saturated carbocycles. The third-order valence-electron chi connectivity index (χ3n) is 6.92. The Balaban J connectivity index is 1.39. The van der Waals surface area contributed by atoms with Crippen molar-refractivity contribution < 1.29 is 22.7 Å². The molecule has 10 heteroatoms. The average molecular weight is 543 g/mol. The van der Waals surface area contributed by atoms with Crippen LogP contribution in [0.5, 0.6) is 5.75 Å². The Kier molecular flexibility index (Phi) is 7.21. The second kappa shape index (κ2) is 10.6. The van der Waals surface area contributed by atoms with Crippen molar-refractivity contribution in [2.24, 2.45) is 0 Å². The van der Waals surface area contributed by atoms with Gasteiger partial charge in [0.2, 0.25) is 5.91 Å². The van der Waals surface area contributed by atoms with Crippen LogP contribution in [-0.4, -0.2) is 53.5 Å². The maximum absolute atomic E-state index is 13.5. The lowest BCUT2D eigenvalue weighted by Crippen LogP contribution is -2.49. The summed E-state index contributed by atoms with van der Waals surface area (Å²) in [6.45, 7) is 2.33. The minimum absolute atomic E-state index is 0.00412. The number of carbonyl (C=O) groups excluding carboxylic acids is 1. The maximum atomic E-state index is 13.5. The van der Waals surface area contributed by atoms with Crippen LogP contribution in [0.15, 0.2) is 73.1 Å². The van der Waals surface area contributed by atoms with E-state index in [4.69, 9.17) is 16.3 Å². The van der Waals surface area contributed by atoms with Crippen LogP contribution in [0.3, 0.4) is 0 Å². The normalized spacial score (nSPS) is 15.1. The molecule has 1 aliphatic rings. The van der Waals surface area contributed by atoms with Crippen LogP contribution in [0.1, 0.15) is 29.2 Å². The molecule has 1 saturated heterocycles. The summed E-state index contributed by atoms with van der Waals surface area (Å²) in [7, 11) is 1.62. The van der Waals surface area contributed by atoms with Crippen molar-refractivity contribution >= 4 is 28.8 Å².